The zero-order valence-electron chi connectivity index (χ0n) is 10.5. The van der Waals surface area contributed by atoms with Crippen molar-refractivity contribution < 1.29 is 24.2 Å². The fourth-order valence-electron chi connectivity index (χ4n) is 1.91. The van der Waals surface area contributed by atoms with Crippen molar-refractivity contribution in [1.29, 1.82) is 0 Å². The molecule has 6 heteroatoms. The van der Waals surface area contributed by atoms with E-state index in [0.29, 0.717) is 18.8 Å². The topological polar surface area (TPSA) is 84.9 Å². The Balaban J connectivity index is 2.16. The van der Waals surface area contributed by atoms with Gasteiger partial charge in [0.15, 0.2) is 6.10 Å². The van der Waals surface area contributed by atoms with E-state index in [1.165, 1.54) is 0 Å². The average molecular weight is 265 g/mol. The minimum Gasteiger partial charge on any atom is -0.478 e. The Hall–Kier alpha value is -1.92. The molecule has 1 aliphatic rings. The van der Waals surface area contributed by atoms with Gasteiger partial charge in [-0.3, -0.25) is 4.79 Å². The zero-order chi connectivity index (χ0) is 13.8. The standard InChI is InChI=1S/C13H15NO5/c1-8-3-2-4-9(11(8)13(16)17)14-12(15)10-7-18-5-6-19-10/h2-4,10H,5-7H2,1H3,(H,14,15)(H,16,17). The second kappa shape index (κ2) is 5.81. The molecule has 1 unspecified atom stereocenters. The Labute approximate surface area is 110 Å². The number of carbonyl (C=O) groups excluding carboxylic acids is 1. The summed E-state index contributed by atoms with van der Waals surface area (Å²) in [7, 11) is 0. The number of carboxylic acids is 1. The van der Waals surface area contributed by atoms with E-state index in [2.05, 4.69) is 5.32 Å². The van der Waals surface area contributed by atoms with Gasteiger partial charge in [-0.25, -0.2) is 4.79 Å². The van der Waals surface area contributed by atoms with E-state index < -0.39 is 18.0 Å². The first-order valence-electron chi connectivity index (χ1n) is 5.92. The first-order valence-corrected chi connectivity index (χ1v) is 5.92. The van der Waals surface area contributed by atoms with Crippen LogP contribution in [0.15, 0.2) is 18.2 Å². The van der Waals surface area contributed by atoms with Crippen molar-refractivity contribution >= 4 is 17.6 Å². The fourth-order valence-corrected chi connectivity index (χ4v) is 1.91. The Morgan fingerprint density at radius 1 is 1.37 bits per heavy atom. The fraction of sp³-hybridized carbons (Fsp3) is 0.385. The summed E-state index contributed by atoms with van der Waals surface area (Å²) < 4.78 is 10.4. The summed E-state index contributed by atoms with van der Waals surface area (Å²) in [4.78, 5) is 23.1. The summed E-state index contributed by atoms with van der Waals surface area (Å²) in [6.07, 6.45) is -0.698. The molecule has 19 heavy (non-hydrogen) atoms. The van der Waals surface area contributed by atoms with Crippen molar-refractivity contribution in [3.05, 3.63) is 29.3 Å². The molecule has 0 bridgehead atoms. The van der Waals surface area contributed by atoms with Gasteiger partial charge in [-0.1, -0.05) is 12.1 Å². The maximum absolute atomic E-state index is 11.9. The van der Waals surface area contributed by atoms with Crippen molar-refractivity contribution in [3.8, 4) is 0 Å². The van der Waals surface area contributed by atoms with E-state index in [1.807, 2.05) is 0 Å². The smallest absolute Gasteiger partial charge is 0.338 e. The highest BCUT2D eigenvalue weighted by Crippen LogP contribution is 2.20. The second-order valence-electron chi connectivity index (χ2n) is 4.23. The molecule has 1 amide bonds. The molecular formula is C13H15NO5. The largest absolute Gasteiger partial charge is 0.478 e. The van der Waals surface area contributed by atoms with Crippen LogP contribution in [0.5, 0.6) is 0 Å². The molecule has 2 N–H and O–H groups in total. The van der Waals surface area contributed by atoms with Crippen molar-refractivity contribution in [2.75, 3.05) is 25.1 Å². The molecule has 1 aliphatic heterocycles. The Morgan fingerprint density at radius 2 is 2.16 bits per heavy atom. The minimum absolute atomic E-state index is 0.0903. The molecule has 1 fully saturated rings. The molecule has 1 saturated heterocycles. The molecule has 1 atom stereocenters. The van der Waals surface area contributed by atoms with Crippen molar-refractivity contribution in [1.82, 2.24) is 0 Å². The average Bonchev–Trinajstić information content (AvgIpc) is 2.39. The first-order chi connectivity index (χ1) is 9.09. The van der Waals surface area contributed by atoms with E-state index in [-0.39, 0.29) is 17.9 Å². The first kappa shape index (κ1) is 13.5. The molecule has 6 nitrogen and oxygen atoms in total. The molecule has 0 radical (unpaired) electrons. The molecule has 0 saturated carbocycles. The van der Waals surface area contributed by atoms with Gasteiger partial charge >= 0.3 is 5.97 Å². The predicted octanol–water partition coefficient (Wildman–Crippen LogP) is 1.05. The van der Waals surface area contributed by atoms with Crippen molar-refractivity contribution in [2.45, 2.75) is 13.0 Å². The summed E-state index contributed by atoms with van der Waals surface area (Å²) in [6.45, 7) is 2.69. The third-order valence-electron chi connectivity index (χ3n) is 2.85. The number of carboxylic acid groups (broad SMARTS) is 1. The summed E-state index contributed by atoms with van der Waals surface area (Å²) in [5.41, 5.74) is 0.949. The maximum atomic E-state index is 11.9. The van der Waals surface area contributed by atoms with Gasteiger partial charge in [0.05, 0.1) is 31.1 Å². The van der Waals surface area contributed by atoms with Crippen LogP contribution >= 0.6 is 0 Å². The van der Waals surface area contributed by atoms with Crippen molar-refractivity contribution in [3.63, 3.8) is 0 Å². The third-order valence-corrected chi connectivity index (χ3v) is 2.85. The van der Waals surface area contributed by atoms with Crippen LogP contribution in [-0.2, 0) is 14.3 Å². The summed E-state index contributed by atoms with van der Waals surface area (Å²) in [5, 5.41) is 11.7. The number of benzene rings is 1. The van der Waals surface area contributed by atoms with Crippen LogP contribution in [0.1, 0.15) is 15.9 Å². The van der Waals surface area contributed by atoms with Crippen LogP contribution in [0.4, 0.5) is 5.69 Å². The van der Waals surface area contributed by atoms with Crippen LogP contribution in [-0.4, -0.2) is 42.9 Å². The van der Waals surface area contributed by atoms with Gasteiger partial charge in [-0.2, -0.15) is 0 Å². The highest BCUT2D eigenvalue weighted by molar-refractivity contribution is 6.02. The molecule has 2 rings (SSSR count). The number of aromatic carboxylic acids is 1. The lowest BCUT2D eigenvalue weighted by atomic mass is 10.1. The summed E-state index contributed by atoms with van der Waals surface area (Å²) in [5.74, 6) is -1.47. The second-order valence-corrected chi connectivity index (χ2v) is 4.23. The molecule has 0 aromatic heterocycles. The van der Waals surface area contributed by atoms with E-state index in [0.717, 1.165) is 0 Å². The monoisotopic (exact) mass is 265 g/mol. The molecule has 1 heterocycles. The van der Waals surface area contributed by atoms with E-state index in [9.17, 15) is 9.59 Å². The Bertz CT molecular complexity index is 494. The van der Waals surface area contributed by atoms with Gasteiger partial charge in [0, 0.05) is 0 Å². The number of hydrogen-bond acceptors (Lipinski definition) is 4. The van der Waals surface area contributed by atoms with Gasteiger partial charge in [0.1, 0.15) is 0 Å². The lowest BCUT2D eigenvalue weighted by Crippen LogP contribution is -2.39. The number of aryl methyl sites for hydroxylation is 1. The van der Waals surface area contributed by atoms with Crippen LogP contribution in [0.3, 0.4) is 0 Å². The van der Waals surface area contributed by atoms with Gasteiger partial charge in [-0.05, 0) is 18.6 Å². The molecule has 0 spiro atoms. The minimum atomic E-state index is -1.07. The van der Waals surface area contributed by atoms with Crippen LogP contribution in [0.2, 0.25) is 0 Å². The normalized spacial score (nSPS) is 18.9. The predicted molar refractivity (Wildman–Crippen MR) is 67.3 cm³/mol. The molecule has 1 aromatic carbocycles. The SMILES string of the molecule is Cc1cccc(NC(=O)C2COCCO2)c1C(=O)O. The third kappa shape index (κ3) is 3.10. The number of amides is 1. The highest BCUT2D eigenvalue weighted by atomic mass is 16.6. The summed E-state index contributed by atoms with van der Waals surface area (Å²) >= 11 is 0. The van der Waals surface area contributed by atoms with Gasteiger partial charge in [0.2, 0.25) is 0 Å². The number of rotatable bonds is 3. The zero-order valence-corrected chi connectivity index (χ0v) is 10.5. The number of hydrogen-bond donors (Lipinski definition) is 2. The van der Waals surface area contributed by atoms with Gasteiger partial charge < -0.3 is 19.9 Å². The van der Waals surface area contributed by atoms with E-state index in [1.54, 1.807) is 25.1 Å². The van der Waals surface area contributed by atoms with E-state index in [4.69, 9.17) is 14.6 Å². The Kier molecular flexibility index (Phi) is 4.13. The summed E-state index contributed by atoms with van der Waals surface area (Å²) in [6, 6.07) is 4.92. The van der Waals surface area contributed by atoms with E-state index >= 15 is 0 Å². The lowest BCUT2D eigenvalue weighted by molar-refractivity contribution is -0.142. The number of ether oxygens (including phenoxy) is 2. The molecule has 0 aliphatic carbocycles. The number of nitrogens with one attached hydrogen (secondary N) is 1. The van der Waals surface area contributed by atoms with Gasteiger partial charge in [-0.15, -0.1) is 0 Å². The quantitative estimate of drug-likeness (QED) is 0.853. The Morgan fingerprint density at radius 3 is 2.79 bits per heavy atom. The molecule has 102 valence electrons. The van der Waals surface area contributed by atoms with Gasteiger partial charge in [0.25, 0.3) is 5.91 Å². The van der Waals surface area contributed by atoms with Crippen molar-refractivity contribution in [2.24, 2.45) is 0 Å². The number of carbonyl (C=O) groups is 2. The van der Waals surface area contributed by atoms with Crippen LogP contribution in [0, 0.1) is 6.92 Å². The highest BCUT2D eigenvalue weighted by Gasteiger charge is 2.24. The van der Waals surface area contributed by atoms with Crippen LogP contribution in [0.25, 0.3) is 0 Å². The lowest BCUT2D eigenvalue weighted by Gasteiger charge is -2.22. The molecule has 1 aromatic rings. The van der Waals surface area contributed by atoms with Crippen LogP contribution < -0.4 is 5.32 Å². The maximum Gasteiger partial charge on any atom is 0.338 e. The molecular weight excluding hydrogens is 250 g/mol. The number of anilines is 1.